The Morgan fingerprint density at radius 1 is 1.33 bits per heavy atom. The fourth-order valence-electron chi connectivity index (χ4n) is 2.33. The molecular formula is C14H17N3S. The van der Waals surface area contributed by atoms with Crippen LogP contribution in [0.25, 0.3) is 0 Å². The highest BCUT2D eigenvalue weighted by Crippen LogP contribution is 2.28. The average molecular weight is 259 g/mol. The maximum absolute atomic E-state index is 4.59. The van der Waals surface area contributed by atoms with E-state index in [0.29, 0.717) is 0 Å². The van der Waals surface area contributed by atoms with Crippen molar-refractivity contribution in [2.75, 3.05) is 18.9 Å². The Morgan fingerprint density at radius 2 is 2.17 bits per heavy atom. The molecule has 18 heavy (non-hydrogen) atoms. The molecule has 1 N–H and O–H groups in total. The van der Waals surface area contributed by atoms with E-state index < -0.39 is 0 Å². The van der Waals surface area contributed by atoms with Crippen LogP contribution in [-0.4, -0.2) is 23.5 Å². The molecule has 94 valence electrons. The molecule has 0 spiro atoms. The van der Waals surface area contributed by atoms with Crippen molar-refractivity contribution in [3.8, 4) is 0 Å². The lowest BCUT2D eigenvalue weighted by Gasteiger charge is -2.25. The van der Waals surface area contributed by atoms with Crippen LogP contribution in [0.5, 0.6) is 0 Å². The molecule has 0 saturated carbocycles. The summed E-state index contributed by atoms with van der Waals surface area (Å²) in [6.07, 6.45) is 1.07. The van der Waals surface area contributed by atoms with Gasteiger partial charge in [-0.2, -0.15) is 0 Å². The first-order valence-corrected chi connectivity index (χ1v) is 7.09. The lowest BCUT2D eigenvalue weighted by Crippen LogP contribution is -2.29. The number of anilines is 1. The Bertz CT molecular complexity index is 521. The summed E-state index contributed by atoms with van der Waals surface area (Å²) in [4.78, 5) is 8.50. The topological polar surface area (TPSA) is 28.2 Å². The maximum atomic E-state index is 4.59. The molecule has 1 aromatic carbocycles. The third-order valence-corrected chi connectivity index (χ3v) is 4.37. The van der Waals surface area contributed by atoms with E-state index in [2.05, 4.69) is 45.5 Å². The van der Waals surface area contributed by atoms with Crippen LogP contribution in [0.3, 0.4) is 0 Å². The quantitative estimate of drug-likeness (QED) is 0.918. The van der Waals surface area contributed by atoms with Gasteiger partial charge >= 0.3 is 0 Å². The van der Waals surface area contributed by atoms with Crippen molar-refractivity contribution in [3.05, 3.63) is 46.5 Å². The summed E-state index contributed by atoms with van der Waals surface area (Å²) >= 11 is 1.79. The number of thiazole rings is 1. The Labute approximate surface area is 111 Å². The Balaban J connectivity index is 1.71. The summed E-state index contributed by atoms with van der Waals surface area (Å²) in [7, 11) is 1.94. The molecule has 0 aliphatic carbocycles. The SMILES string of the molecule is CNc1nc2c(s1)CN(Cc1ccccc1)CC2. The molecule has 1 aliphatic heterocycles. The standard InChI is InChI=1S/C14H17N3S/c1-15-14-16-12-7-8-17(10-13(12)18-14)9-11-5-3-2-4-6-11/h2-6H,7-10H2,1H3,(H,15,16). The lowest BCUT2D eigenvalue weighted by atomic mass is 10.1. The van der Waals surface area contributed by atoms with Gasteiger partial charge in [-0.05, 0) is 5.56 Å². The summed E-state index contributed by atoms with van der Waals surface area (Å²) < 4.78 is 0. The Hall–Kier alpha value is -1.39. The average Bonchev–Trinajstić information content (AvgIpc) is 2.82. The van der Waals surface area contributed by atoms with Crippen LogP contribution in [0.2, 0.25) is 0 Å². The zero-order chi connectivity index (χ0) is 12.4. The number of rotatable bonds is 3. The highest BCUT2D eigenvalue weighted by molar-refractivity contribution is 7.15. The van der Waals surface area contributed by atoms with Crippen molar-refractivity contribution in [2.45, 2.75) is 19.5 Å². The van der Waals surface area contributed by atoms with E-state index in [9.17, 15) is 0 Å². The van der Waals surface area contributed by atoms with Gasteiger partial charge in [-0.15, -0.1) is 11.3 Å². The van der Waals surface area contributed by atoms with Crippen LogP contribution < -0.4 is 5.32 Å². The lowest BCUT2D eigenvalue weighted by molar-refractivity contribution is 0.247. The van der Waals surface area contributed by atoms with Gasteiger partial charge in [0.15, 0.2) is 5.13 Å². The van der Waals surface area contributed by atoms with Crippen LogP contribution in [0.1, 0.15) is 16.1 Å². The van der Waals surface area contributed by atoms with Gasteiger partial charge in [0.05, 0.1) is 5.69 Å². The van der Waals surface area contributed by atoms with E-state index in [1.165, 1.54) is 16.1 Å². The molecule has 2 aromatic rings. The molecule has 0 fully saturated rings. The third kappa shape index (κ3) is 2.40. The van der Waals surface area contributed by atoms with Crippen LogP contribution >= 0.6 is 11.3 Å². The molecule has 0 atom stereocenters. The van der Waals surface area contributed by atoms with E-state index in [0.717, 1.165) is 31.2 Å². The van der Waals surface area contributed by atoms with Crippen molar-refractivity contribution in [2.24, 2.45) is 0 Å². The predicted molar refractivity (Wildman–Crippen MR) is 75.9 cm³/mol. The van der Waals surface area contributed by atoms with Gasteiger partial charge in [0.25, 0.3) is 0 Å². The van der Waals surface area contributed by atoms with Crippen molar-refractivity contribution in [1.82, 2.24) is 9.88 Å². The van der Waals surface area contributed by atoms with Crippen LogP contribution in [0.15, 0.2) is 30.3 Å². The first-order valence-electron chi connectivity index (χ1n) is 6.28. The molecular weight excluding hydrogens is 242 g/mol. The number of nitrogens with one attached hydrogen (secondary N) is 1. The minimum atomic E-state index is 1.03. The van der Waals surface area contributed by atoms with Gasteiger partial charge in [-0.25, -0.2) is 4.98 Å². The highest BCUT2D eigenvalue weighted by Gasteiger charge is 2.20. The molecule has 2 heterocycles. The van der Waals surface area contributed by atoms with Gasteiger partial charge in [-0.3, -0.25) is 4.90 Å². The van der Waals surface area contributed by atoms with Gasteiger partial charge in [-0.1, -0.05) is 30.3 Å². The monoisotopic (exact) mass is 259 g/mol. The van der Waals surface area contributed by atoms with Crippen molar-refractivity contribution in [3.63, 3.8) is 0 Å². The minimum Gasteiger partial charge on any atom is -0.365 e. The highest BCUT2D eigenvalue weighted by atomic mass is 32.1. The van der Waals surface area contributed by atoms with Gasteiger partial charge in [0.1, 0.15) is 0 Å². The van der Waals surface area contributed by atoms with E-state index >= 15 is 0 Å². The van der Waals surface area contributed by atoms with E-state index in [1.54, 1.807) is 11.3 Å². The van der Waals surface area contributed by atoms with Gasteiger partial charge < -0.3 is 5.32 Å². The largest absolute Gasteiger partial charge is 0.365 e. The molecule has 0 unspecified atom stereocenters. The molecule has 1 aliphatic rings. The molecule has 0 amide bonds. The summed E-state index contributed by atoms with van der Waals surface area (Å²) in [5, 5.41) is 4.18. The fraction of sp³-hybridized carbons (Fsp3) is 0.357. The van der Waals surface area contributed by atoms with Crippen LogP contribution in [0, 0.1) is 0 Å². The summed E-state index contributed by atoms with van der Waals surface area (Å²) in [5.74, 6) is 0. The number of aromatic nitrogens is 1. The summed E-state index contributed by atoms with van der Waals surface area (Å²) in [6, 6.07) is 10.7. The number of fused-ring (bicyclic) bond motifs is 1. The zero-order valence-corrected chi connectivity index (χ0v) is 11.3. The molecule has 4 heteroatoms. The fourth-order valence-corrected chi connectivity index (χ4v) is 3.34. The van der Waals surface area contributed by atoms with Crippen molar-refractivity contribution in [1.29, 1.82) is 0 Å². The summed E-state index contributed by atoms with van der Waals surface area (Å²) in [6.45, 7) is 3.17. The summed E-state index contributed by atoms with van der Waals surface area (Å²) in [5.41, 5.74) is 2.67. The molecule has 0 saturated heterocycles. The van der Waals surface area contributed by atoms with Crippen molar-refractivity contribution < 1.29 is 0 Å². The van der Waals surface area contributed by atoms with Gasteiger partial charge in [0, 0.05) is 38.0 Å². The van der Waals surface area contributed by atoms with Crippen molar-refractivity contribution >= 4 is 16.5 Å². The number of hydrogen-bond acceptors (Lipinski definition) is 4. The number of nitrogens with zero attached hydrogens (tertiary/aromatic N) is 2. The zero-order valence-electron chi connectivity index (χ0n) is 10.5. The van der Waals surface area contributed by atoms with Crippen LogP contribution in [-0.2, 0) is 19.5 Å². The molecule has 3 nitrogen and oxygen atoms in total. The first-order chi connectivity index (χ1) is 8.85. The Morgan fingerprint density at radius 3 is 2.94 bits per heavy atom. The normalized spacial score (nSPS) is 15.4. The number of hydrogen-bond donors (Lipinski definition) is 1. The van der Waals surface area contributed by atoms with Crippen LogP contribution in [0.4, 0.5) is 5.13 Å². The molecule has 1 aromatic heterocycles. The second-order valence-corrected chi connectivity index (χ2v) is 5.67. The Kier molecular flexibility index (Phi) is 3.30. The molecule has 0 radical (unpaired) electrons. The second-order valence-electron chi connectivity index (χ2n) is 4.59. The smallest absolute Gasteiger partial charge is 0.182 e. The third-order valence-electron chi connectivity index (χ3n) is 3.27. The predicted octanol–water partition coefficient (Wildman–Crippen LogP) is 2.74. The van der Waals surface area contributed by atoms with Gasteiger partial charge in [0.2, 0.25) is 0 Å². The first kappa shape index (κ1) is 11.7. The van der Waals surface area contributed by atoms with E-state index in [1.807, 2.05) is 7.05 Å². The minimum absolute atomic E-state index is 1.03. The maximum Gasteiger partial charge on any atom is 0.182 e. The van der Waals surface area contributed by atoms with E-state index in [4.69, 9.17) is 0 Å². The second kappa shape index (κ2) is 5.08. The molecule has 0 bridgehead atoms. The number of benzene rings is 1. The molecule has 3 rings (SSSR count). The van der Waals surface area contributed by atoms with E-state index in [-0.39, 0.29) is 0 Å².